The van der Waals surface area contributed by atoms with Crippen LogP contribution in [-0.2, 0) is 13.0 Å². The molecule has 0 spiro atoms. The zero-order chi connectivity index (χ0) is 18.5. The molecular formula is C18H21ClN4O3. The second-order valence-corrected chi connectivity index (χ2v) is 6.61. The largest absolute Gasteiger partial charge is 0.484 e. The molecule has 3 rings (SSSR count). The van der Waals surface area contributed by atoms with Gasteiger partial charge in [0.05, 0.1) is 5.02 Å². The summed E-state index contributed by atoms with van der Waals surface area (Å²) in [4.78, 5) is 12.4. The van der Waals surface area contributed by atoms with E-state index in [1.807, 2.05) is 6.92 Å². The minimum atomic E-state index is -0.294. The van der Waals surface area contributed by atoms with Gasteiger partial charge in [0.15, 0.2) is 6.61 Å². The van der Waals surface area contributed by atoms with Crippen LogP contribution in [0.15, 0.2) is 21.3 Å². The first-order chi connectivity index (χ1) is 12.6. The number of H-pyrrole nitrogens is 1. The van der Waals surface area contributed by atoms with Gasteiger partial charge in [-0.2, -0.15) is 5.21 Å². The highest BCUT2D eigenvalue weighted by Crippen LogP contribution is 2.32. The van der Waals surface area contributed by atoms with Gasteiger partial charge >= 0.3 is 5.63 Å². The number of nitrogens with one attached hydrogen (secondary N) is 1. The summed E-state index contributed by atoms with van der Waals surface area (Å²) < 4.78 is 11.1. The summed E-state index contributed by atoms with van der Waals surface area (Å²) in [6, 6.07) is 3.41. The normalized spacial score (nSPS) is 11.2. The number of hydrogen-bond donors (Lipinski definition) is 1. The lowest BCUT2D eigenvalue weighted by Gasteiger charge is -2.11. The molecule has 0 amide bonds. The number of ether oxygens (including phenoxy) is 1. The van der Waals surface area contributed by atoms with E-state index in [-0.39, 0.29) is 12.2 Å². The maximum atomic E-state index is 12.4. The minimum Gasteiger partial charge on any atom is -0.484 e. The number of aryl methyl sites for hydroxylation is 1. The Hall–Kier alpha value is -2.41. The molecule has 7 nitrogen and oxygen atoms in total. The Kier molecular flexibility index (Phi) is 5.88. The van der Waals surface area contributed by atoms with Crippen molar-refractivity contribution in [1.29, 1.82) is 0 Å². The molecular weight excluding hydrogens is 356 g/mol. The van der Waals surface area contributed by atoms with Crippen LogP contribution in [0.1, 0.15) is 49.6 Å². The molecule has 8 heteroatoms. The van der Waals surface area contributed by atoms with E-state index in [4.69, 9.17) is 20.8 Å². The highest BCUT2D eigenvalue weighted by atomic mass is 35.5. The van der Waals surface area contributed by atoms with E-state index in [0.717, 1.165) is 42.2 Å². The first kappa shape index (κ1) is 18.4. The third kappa shape index (κ3) is 4.04. The molecule has 26 heavy (non-hydrogen) atoms. The first-order valence-electron chi connectivity index (χ1n) is 8.71. The van der Waals surface area contributed by atoms with E-state index in [9.17, 15) is 4.79 Å². The molecule has 2 heterocycles. The van der Waals surface area contributed by atoms with E-state index in [1.54, 1.807) is 12.1 Å². The SMILES string of the molecule is CCCCCCc1c(C)c2cc(Cl)c(OCc3nn[nH]n3)cc2oc1=O. The molecule has 0 aliphatic carbocycles. The highest BCUT2D eigenvalue weighted by molar-refractivity contribution is 6.32. The van der Waals surface area contributed by atoms with Crippen LogP contribution >= 0.6 is 11.6 Å². The number of fused-ring (bicyclic) bond motifs is 1. The molecule has 0 bridgehead atoms. The van der Waals surface area contributed by atoms with Crippen LogP contribution in [0.5, 0.6) is 5.75 Å². The van der Waals surface area contributed by atoms with Crippen LogP contribution in [0.3, 0.4) is 0 Å². The van der Waals surface area contributed by atoms with E-state index in [2.05, 4.69) is 27.5 Å². The van der Waals surface area contributed by atoms with Crippen molar-refractivity contribution in [3.05, 3.63) is 44.5 Å². The van der Waals surface area contributed by atoms with Gasteiger partial charge < -0.3 is 9.15 Å². The molecule has 0 atom stereocenters. The number of tetrazole rings is 1. The Bertz CT molecular complexity index is 938. The second-order valence-electron chi connectivity index (χ2n) is 6.20. The molecule has 0 saturated carbocycles. The van der Waals surface area contributed by atoms with Gasteiger partial charge in [0.1, 0.15) is 11.3 Å². The molecule has 138 valence electrons. The molecule has 2 aromatic heterocycles. The lowest BCUT2D eigenvalue weighted by molar-refractivity contribution is 0.296. The monoisotopic (exact) mass is 376 g/mol. The molecule has 0 saturated heterocycles. The summed E-state index contributed by atoms with van der Waals surface area (Å²) in [5, 5.41) is 14.7. The maximum Gasteiger partial charge on any atom is 0.339 e. The van der Waals surface area contributed by atoms with Gasteiger partial charge in [0.2, 0.25) is 5.82 Å². The van der Waals surface area contributed by atoms with Crippen molar-refractivity contribution in [3.8, 4) is 5.75 Å². The topological polar surface area (TPSA) is 93.9 Å². The number of rotatable bonds is 8. The van der Waals surface area contributed by atoms with Crippen LogP contribution in [0.2, 0.25) is 5.02 Å². The second kappa shape index (κ2) is 8.31. The third-order valence-corrected chi connectivity index (χ3v) is 4.66. The third-order valence-electron chi connectivity index (χ3n) is 4.37. The van der Waals surface area contributed by atoms with Gasteiger partial charge in [-0.25, -0.2) is 4.79 Å². The zero-order valence-electron chi connectivity index (χ0n) is 14.8. The Labute approximate surface area is 155 Å². The van der Waals surface area contributed by atoms with Crippen molar-refractivity contribution in [2.45, 2.75) is 52.6 Å². The molecule has 1 aromatic carbocycles. The molecule has 0 unspecified atom stereocenters. The minimum absolute atomic E-state index is 0.112. The Morgan fingerprint density at radius 1 is 1.27 bits per heavy atom. The van der Waals surface area contributed by atoms with Crippen LogP contribution in [-0.4, -0.2) is 20.6 Å². The molecule has 0 fully saturated rings. The fraction of sp³-hybridized carbons (Fsp3) is 0.444. The molecule has 3 aromatic rings. The van der Waals surface area contributed by atoms with Crippen molar-refractivity contribution in [3.63, 3.8) is 0 Å². The first-order valence-corrected chi connectivity index (χ1v) is 9.09. The predicted molar refractivity (Wildman–Crippen MR) is 98.6 cm³/mol. The molecule has 1 N–H and O–H groups in total. The fourth-order valence-electron chi connectivity index (χ4n) is 2.90. The van der Waals surface area contributed by atoms with Gasteiger partial charge in [-0.15, -0.1) is 10.2 Å². The summed E-state index contributed by atoms with van der Waals surface area (Å²) in [6.07, 6.45) is 5.14. The summed E-state index contributed by atoms with van der Waals surface area (Å²) in [6.45, 7) is 4.21. The smallest absolute Gasteiger partial charge is 0.339 e. The van der Waals surface area contributed by atoms with Gasteiger partial charge in [-0.05, 0) is 31.4 Å². The summed E-state index contributed by atoms with van der Waals surface area (Å²) in [5.74, 6) is 0.809. The number of halogens is 1. The summed E-state index contributed by atoms with van der Waals surface area (Å²) in [5.41, 5.74) is 1.81. The van der Waals surface area contributed by atoms with Gasteiger partial charge in [0.25, 0.3) is 0 Å². The maximum absolute atomic E-state index is 12.4. The average molecular weight is 377 g/mol. The van der Waals surface area contributed by atoms with Gasteiger partial charge in [0, 0.05) is 17.0 Å². The van der Waals surface area contributed by atoms with Crippen molar-refractivity contribution >= 4 is 22.6 Å². The Balaban J connectivity index is 1.86. The lowest BCUT2D eigenvalue weighted by atomic mass is 10.0. The summed E-state index contributed by atoms with van der Waals surface area (Å²) >= 11 is 6.34. The lowest BCUT2D eigenvalue weighted by Crippen LogP contribution is -2.10. The standard InChI is InChI=1S/C18H21ClN4O3/c1-3-4-5-6-7-12-11(2)13-8-14(19)16(9-15(13)26-18(12)24)25-10-17-20-22-23-21-17/h8-9H,3-7,10H2,1-2H3,(H,20,21,22,23). The zero-order valence-corrected chi connectivity index (χ0v) is 15.6. The molecule has 0 radical (unpaired) electrons. The molecule has 0 aliphatic rings. The summed E-state index contributed by atoms with van der Waals surface area (Å²) in [7, 11) is 0. The quantitative estimate of drug-likeness (QED) is 0.472. The van der Waals surface area contributed by atoms with Crippen molar-refractivity contribution in [1.82, 2.24) is 20.6 Å². The van der Waals surface area contributed by atoms with E-state index in [1.165, 1.54) is 6.42 Å². The Morgan fingerprint density at radius 3 is 2.85 bits per heavy atom. The number of benzene rings is 1. The number of nitrogens with zero attached hydrogens (tertiary/aromatic N) is 3. The van der Waals surface area contributed by atoms with Crippen LogP contribution in [0.25, 0.3) is 11.0 Å². The fourth-order valence-corrected chi connectivity index (χ4v) is 3.12. The van der Waals surface area contributed by atoms with Gasteiger partial charge in [-0.3, -0.25) is 0 Å². The Morgan fingerprint density at radius 2 is 2.12 bits per heavy atom. The van der Waals surface area contributed by atoms with Gasteiger partial charge in [-0.1, -0.05) is 43.0 Å². The highest BCUT2D eigenvalue weighted by Gasteiger charge is 2.15. The van der Waals surface area contributed by atoms with Crippen LogP contribution < -0.4 is 10.4 Å². The number of aromatic nitrogens is 4. The molecule has 0 aliphatic heterocycles. The van der Waals surface area contributed by atoms with Crippen molar-refractivity contribution < 1.29 is 9.15 Å². The van der Waals surface area contributed by atoms with Crippen molar-refractivity contribution in [2.24, 2.45) is 0 Å². The number of aromatic amines is 1. The predicted octanol–water partition coefficient (Wildman–Crippen LogP) is 3.97. The average Bonchev–Trinajstić information content (AvgIpc) is 3.14. The number of hydrogen-bond acceptors (Lipinski definition) is 6. The van der Waals surface area contributed by atoms with Crippen molar-refractivity contribution in [2.75, 3.05) is 0 Å². The van der Waals surface area contributed by atoms with Crippen LogP contribution in [0.4, 0.5) is 0 Å². The van der Waals surface area contributed by atoms with E-state index in [0.29, 0.717) is 22.2 Å². The number of unbranched alkanes of at least 4 members (excludes halogenated alkanes) is 3. The van der Waals surface area contributed by atoms with E-state index >= 15 is 0 Å². The van der Waals surface area contributed by atoms with Crippen LogP contribution in [0, 0.1) is 6.92 Å². The van der Waals surface area contributed by atoms with E-state index < -0.39 is 0 Å².